The van der Waals surface area contributed by atoms with Crippen molar-refractivity contribution in [3.63, 3.8) is 0 Å². The molecule has 45 heavy (non-hydrogen) atoms. The zero-order valence-corrected chi connectivity index (χ0v) is 27.0. The van der Waals surface area contributed by atoms with Crippen molar-refractivity contribution >= 4 is 35.6 Å². The number of carbonyl (C=O) groups is 3. The van der Waals surface area contributed by atoms with Crippen molar-refractivity contribution in [2.45, 2.75) is 45.1 Å². The van der Waals surface area contributed by atoms with Gasteiger partial charge in [-0.1, -0.05) is 36.4 Å². The lowest BCUT2D eigenvalue weighted by molar-refractivity contribution is -0.134. The first-order valence-corrected chi connectivity index (χ1v) is 15.7. The van der Waals surface area contributed by atoms with E-state index in [1.165, 1.54) is 29.3 Å². The molecule has 0 aromatic heterocycles. The third kappa shape index (κ3) is 9.78. The highest BCUT2D eigenvalue weighted by molar-refractivity contribution is 6.01. The van der Waals surface area contributed by atoms with Gasteiger partial charge in [-0.05, 0) is 60.6 Å². The van der Waals surface area contributed by atoms with Crippen molar-refractivity contribution in [1.82, 2.24) is 20.1 Å². The molecule has 1 atom stereocenters. The summed E-state index contributed by atoms with van der Waals surface area (Å²) in [4.78, 5) is 41.1. The molecular weight excluding hydrogens is 566 g/mol. The van der Waals surface area contributed by atoms with Crippen molar-refractivity contribution in [2.75, 3.05) is 58.8 Å². The highest BCUT2D eigenvalue weighted by Gasteiger charge is 2.28. The van der Waals surface area contributed by atoms with E-state index in [0.29, 0.717) is 30.4 Å². The fourth-order valence-electron chi connectivity index (χ4n) is 5.68. The quantitative estimate of drug-likeness (QED) is 0.153. The van der Waals surface area contributed by atoms with Gasteiger partial charge in [0.05, 0.1) is 17.8 Å². The molecule has 2 fully saturated rings. The number of anilines is 1. The van der Waals surface area contributed by atoms with Crippen LogP contribution in [-0.2, 0) is 20.9 Å². The summed E-state index contributed by atoms with van der Waals surface area (Å²) in [5.41, 5.74) is 12.7. The molecule has 0 bridgehead atoms. The molecule has 3 N–H and O–H groups in total. The maximum absolute atomic E-state index is 12.3. The number of piperazine rings is 1. The number of allylic oxidation sites excluding steroid dienone is 3. The Balaban J connectivity index is 0.000000360. The van der Waals surface area contributed by atoms with Gasteiger partial charge in [0.25, 0.3) is 0 Å². The van der Waals surface area contributed by atoms with Gasteiger partial charge in [-0.2, -0.15) is 5.10 Å². The highest BCUT2D eigenvalue weighted by atomic mass is 16.2. The zero-order chi connectivity index (χ0) is 32.3. The molecule has 3 aliphatic heterocycles. The summed E-state index contributed by atoms with van der Waals surface area (Å²) in [6, 6.07) is 17.4. The predicted octanol–water partition coefficient (Wildman–Crippen LogP) is 3.56. The van der Waals surface area contributed by atoms with Crippen LogP contribution in [0.3, 0.4) is 0 Å². The topological polar surface area (TPSA) is 115 Å². The number of nitrogens with two attached hydrogens (primary N) is 1. The van der Waals surface area contributed by atoms with Gasteiger partial charge in [-0.15, -0.1) is 0 Å². The molecule has 10 nitrogen and oxygen atoms in total. The Morgan fingerprint density at radius 2 is 1.78 bits per heavy atom. The monoisotopic (exact) mass is 613 g/mol. The van der Waals surface area contributed by atoms with E-state index in [-0.39, 0.29) is 17.7 Å². The van der Waals surface area contributed by atoms with E-state index in [2.05, 4.69) is 74.8 Å². The number of imide groups is 1. The predicted molar refractivity (Wildman–Crippen MR) is 180 cm³/mol. The van der Waals surface area contributed by atoms with Crippen molar-refractivity contribution in [2.24, 2.45) is 10.8 Å². The SMILES string of the molecule is C/C(C=O)=C(N)/C=N\N(C)C.CN1C=C(c2ccc(CN3CCN(c4cccc(C5CCC(=O)NC5=O)c4)CC3)cc2)CCC1. The number of benzene rings is 2. The Morgan fingerprint density at radius 3 is 2.42 bits per heavy atom. The van der Waals surface area contributed by atoms with Crippen molar-refractivity contribution in [3.05, 3.63) is 82.7 Å². The first kappa shape index (κ1) is 33.5. The van der Waals surface area contributed by atoms with Crippen LogP contribution in [0.1, 0.15) is 55.2 Å². The molecule has 2 aromatic rings. The fourth-order valence-corrected chi connectivity index (χ4v) is 5.68. The lowest BCUT2D eigenvalue weighted by Crippen LogP contribution is -2.46. The summed E-state index contributed by atoms with van der Waals surface area (Å²) in [5, 5.41) is 7.94. The van der Waals surface area contributed by atoms with Crippen LogP contribution in [0, 0.1) is 0 Å². The van der Waals surface area contributed by atoms with E-state index in [1.54, 1.807) is 26.0 Å². The Bertz CT molecular complexity index is 1420. The average Bonchev–Trinajstić information content (AvgIpc) is 3.04. The number of hydrogen-bond acceptors (Lipinski definition) is 9. The second-order valence-electron chi connectivity index (χ2n) is 12.1. The normalized spacial score (nSPS) is 19.7. The standard InChI is InChI=1S/C28H34N4O2.C7H13N3O/c1-30-13-3-5-24(20-30)22-9-7-21(8-10-22)19-31-14-16-32(17-15-31)25-6-2-4-23(18-25)26-11-12-27(33)29-28(26)34;1-6(5-11)7(8)4-9-10(2)3/h2,4,6-10,18,20,26H,3,5,11-17,19H2,1H3,(H,29,33,34);4-5H,8H2,1-3H3/b;7-6+,9-4-. The second-order valence-corrected chi connectivity index (χ2v) is 12.1. The molecule has 0 aliphatic carbocycles. The summed E-state index contributed by atoms with van der Waals surface area (Å²) in [6.45, 7) is 7.73. The molecule has 240 valence electrons. The second kappa shape index (κ2) is 16.0. The minimum Gasteiger partial charge on any atom is -0.397 e. The lowest BCUT2D eigenvalue weighted by atomic mass is 9.90. The summed E-state index contributed by atoms with van der Waals surface area (Å²) in [6.07, 6.45) is 7.83. The highest BCUT2D eigenvalue weighted by Crippen LogP contribution is 2.29. The van der Waals surface area contributed by atoms with E-state index >= 15 is 0 Å². The third-order valence-corrected chi connectivity index (χ3v) is 8.37. The number of amides is 2. The fraction of sp³-hybridized carbons (Fsp3) is 0.429. The van der Waals surface area contributed by atoms with Crippen molar-refractivity contribution in [3.8, 4) is 0 Å². The minimum absolute atomic E-state index is 0.165. The number of hydrazone groups is 1. The first-order valence-electron chi connectivity index (χ1n) is 15.7. The van der Waals surface area contributed by atoms with Gasteiger partial charge >= 0.3 is 0 Å². The number of piperidine rings is 1. The molecule has 10 heteroatoms. The van der Waals surface area contributed by atoms with Crippen LogP contribution >= 0.6 is 0 Å². The molecule has 3 aliphatic rings. The van der Waals surface area contributed by atoms with E-state index in [1.807, 2.05) is 12.1 Å². The molecule has 0 radical (unpaired) electrons. The summed E-state index contributed by atoms with van der Waals surface area (Å²) < 4.78 is 0. The van der Waals surface area contributed by atoms with Crippen LogP contribution < -0.4 is 16.0 Å². The number of nitrogens with one attached hydrogen (secondary N) is 1. The summed E-state index contributed by atoms with van der Waals surface area (Å²) in [5.74, 6) is -0.565. The zero-order valence-electron chi connectivity index (χ0n) is 27.0. The maximum atomic E-state index is 12.3. The van der Waals surface area contributed by atoms with E-state index in [4.69, 9.17) is 5.73 Å². The Morgan fingerprint density at radius 1 is 1.04 bits per heavy atom. The number of nitrogens with zero attached hydrogens (tertiary/aromatic N) is 5. The van der Waals surface area contributed by atoms with Crippen LogP contribution in [0.4, 0.5) is 5.69 Å². The lowest BCUT2D eigenvalue weighted by Gasteiger charge is -2.36. The Labute approximate surface area is 267 Å². The summed E-state index contributed by atoms with van der Waals surface area (Å²) in [7, 11) is 5.71. The van der Waals surface area contributed by atoms with Crippen LogP contribution in [0.25, 0.3) is 5.57 Å². The largest absolute Gasteiger partial charge is 0.397 e. The number of rotatable bonds is 8. The smallest absolute Gasteiger partial charge is 0.234 e. The molecule has 1 unspecified atom stereocenters. The van der Waals surface area contributed by atoms with Gasteiger partial charge in [0.2, 0.25) is 11.8 Å². The number of hydrogen-bond donors (Lipinski definition) is 2. The molecule has 0 spiro atoms. The van der Waals surface area contributed by atoms with Crippen LogP contribution in [-0.4, -0.2) is 93.0 Å². The van der Waals surface area contributed by atoms with E-state index in [0.717, 1.165) is 56.9 Å². The van der Waals surface area contributed by atoms with E-state index < -0.39 is 0 Å². The molecule has 2 amide bonds. The molecule has 2 aromatic carbocycles. The summed E-state index contributed by atoms with van der Waals surface area (Å²) >= 11 is 0. The van der Waals surface area contributed by atoms with E-state index in [9.17, 15) is 14.4 Å². The molecule has 0 saturated carbocycles. The Hall–Kier alpha value is -4.44. The molecule has 2 saturated heterocycles. The van der Waals surface area contributed by atoms with Gasteiger partial charge in [0.1, 0.15) is 6.29 Å². The van der Waals surface area contributed by atoms with Gasteiger partial charge < -0.3 is 20.5 Å². The molecule has 5 rings (SSSR count). The third-order valence-electron chi connectivity index (χ3n) is 8.37. The molecular formula is C35H47N7O3. The average molecular weight is 614 g/mol. The van der Waals surface area contributed by atoms with Crippen molar-refractivity contribution in [1.29, 1.82) is 0 Å². The minimum atomic E-state index is -0.230. The van der Waals surface area contributed by atoms with Gasteiger partial charge in [-0.25, -0.2) is 0 Å². The van der Waals surface area contributed by atoms with Gasteiger partial charge in [-0.3, -0.25) is 24.6 Å². The number of aldehydes is 1. The number of carbonyl (C=O) groups excluding carboxylic acids is 3. The van der Waals surface area contributed by atoms with Crippen LogP contribution in [0.2, 0.25) is 0 Å². The van der Waals surface area contributed by atoms with Crippen LogP contribution in [0.15, 0.2) is 71.1 Å². The Kier molecular flexibility index (Phi) is 11.9. The first-order chi connectivity index (χ1) is 21.6. The van der Waals surface area contributed by atoms with Gasteiger partial charge in [0.15, 0.2) is 0 Å². The molecule has 3 heterocycles. The maximum Gasteiger partial charge on any atom is 0.234 e. The van der Waals surface area contributed by atoms with Crippen molar-refractivity contribution < 1.29 is 14.4 Å². The van der Waals surface area contributed by atoms with Crippen LogP contribution in [0.5, 0.6) is 0 Å². The van der Waals surface area contributed by atoms with Gasteiger partial charge in [0, 0.05) is 84.3 Å².